The third kappa shape index (κ3) is 5.07. The highest BCUT2D eigenvalue weighted by Crippen LogP contribution is 2.16. The number of methoxy groups -OCH3 is 1. The molecule has 0 aromatic heterocycles. The molecule has 0 aliphatic heterocycles. The maximum Gasteiger partial charge on any atom is 0.335 e. The van der Waals surface area contributed by atoms with Crippen LogP contribution in [0.2, 0.25) is 0 Å². The fourth-order valence-electron chi connectivity index (χ4n) is 1.38. The zero-order valence-corrected chi connectivity index (χ0v) is 10.9. The third-order valence-corrected chi connectivity index (χ3v) is 2.42. The van der Waals surface area contributed by atoms with E-state index in [9.17, 15) is 9.59 Å². The predicted octanol–water partition coefficient (Wildman–Crippen LogP) is 1.29. The smallest absolute Gasteiger partial charge is 0.335 e. The van der Waals surface area contributed by atoms with Crippen LogP contribution in [0.15, 0.2) is 18.2 Å². The normalized spacial score (nSPS) is 10.2. The van der Waals surface area contributed by atoms with Crippen LogP contribution in [0.5, 0.6) is 0 Å². The largest absolute Gasteiger partial charge is 0.478 e. The van der Waals surface area contributed by atoms with E-state index in [2.05, 4.69) is 5.32 Å². The van der Waals surface area contributed by atoms with Crippen LogP contribution in [0, 0.1) is 6.92 Å². The monoisotopic (exact) mass is 267 g/mol. The number of anilines is 1. The molecule has 0 bridgehead atoms. The summed E-state index contributed by atoms with van der Waals surface area (Å²) >= 11 is 0. The summed E-state index contributed by atoms with van der Waals surface area (Å²) in [7, 11) is 1.55. The van der Waals surface area contributed by atoms with Crippen molar-refractivity contribution in [3.05, 3.63) is 29.3 Å². The molecule has 1 rings (SSSR count). The van der Waals surface area contributed by atoms with Crippen LogP contribution >= 0.6 is 0 Å². The average Bonchev–Trinajstić information content (AvgIpc) is 2.37. The Balaban J connectivity index is 2.58. The number of aromatic carboxylic acids is 1. The lowest BCUT2D eigenvalue weighted by Crippen LogP contribution is -2.20. The minimum absolute atomic E-state index is 0.0971. The lowest BCUT2D eigenvalue weighted by Gasteiger charge is -2.09. The molecule has 6 nitrogen and oxygen atoms in total. The summed E-state index contributed by atoms with van der Waals surface area (Å²) in [6, 6.07) is 4.55. The van der Waals surface area contributed by atoms with Crippen LogP contribution in [0.3, 0.4) is 0 Å². The molecule has 0 radical (unpaired) electrons. The van der Waals surface area contributed by atoms with Crippen LogP contribution in [0.4, 0.5) is 5.69 Å². The summed E-state index contributed by atoms with van der Waals surface area (Å²) in [4.78, 5) is 22.4. The van der Waals surface area contributed by atoms with Gasteiger partial charge >= 0.3 is 5.97 Å². The van der Waals surface area contributed by atoms with E-state index in [1.54, 1.807) is 20.1 Å². The number of nitrogens with one attached hydrogen (secondary N) is 1. The number of amides is 1. The lowest BCUT2D eigenvalue weighted by molar-refractivity contribution is -0.121. The fourth-order valence-corrected chi connectivity index (χ4v) is 1.38. The summed E-state index contributed by atoms with van der Waals surface area (Å²) in [5.74, 6) is -1.37. The molecule has 0 spiro atoms. The molecular formula is C13H17NO5. The number of carbonyl (C=O) groups excluding carboxylic acids is 1. The Bertz CT molecular complexity index is 458. The quantitative estimate of drug-likeness (QED) is 0.727. The Labute approximate surface area is 111 Å². The van der Waals surface area contributed by atoms with E-state index in [-0.39, 0.29) is 18.1 Å². The molecular weight excluding hydrogens is 250 g/mol. The van der Waals surface area contributed by atoms with Gasteiger partial charge in [-0.15, -0.1) is 0 Å². The van der Waals surface area contributed by atoms with Crippen molar-refractivity contribution in [1.29, 1.82) is 0 Å². The van der Waals surface area contributed by atoms with Crippen LogP contribution in [-0.2, 0) is 14.3 Å². The Morgan fingerprint density at radius 1 is 1.32 bits per heavy atom. The van der Waals surface area contributed by atoms with Crippen LogP contribution < -0.4 is 5.32 Å². The molecule has 1 amide bonds. The van der Waals surface area contributed by atoms with Gasteiger partial charge in [-0.2, -0.15) is 0 Å². The van der Waals surface area contributed by atoms with Gasteiger partial charge in [0.05, 0.1) is 18.8 Å². The Morgan fingerprint density at radius 2 is 2.05 bits per heavy atom. The molecule has 2 N–H and O–H groups in total. The molecule has 1 aromatic rings. The Kier molecular flexibility index (Phi) is 5.98. The van der Waals surface area contributed by atoms with Crippen LogP contribution in [0.25, 0.3) is 0 Å². The molecule has 0 aliphatic carbocycles. The number of benzene rings is 1. The molecule has 0 heterocycles. The summed E-state index contributed by atoms with van der Waals surface area (Å²) in [5.41, 5.74) is 1.39. The van der Waals surface area contributed by atoms with Gasteiger partial charge in [-0.25, -0.2) is 4.79 Å². The molecule has 6 heteroatoms. The number of carboxylic acid groups (broad SMARTS) is 1. The van der Waals surface area contributed by atoms with Crippen molar-refractivity contribution in [3.63, 3.8) is 0 Å². The van der Waals surface area contributed by atoms with E-state index in [4.69, 9.17) is 14.6 Å². The number of carboxylic acids is 1. The van der Waals surface area contributed by atoms with Crippen molar-refractivity contribution in [3.8, 4) is 0 Å². The number of hydrogen-bond donors (Lipinski definition) is 2. The van der Waals surface area contributed by atoms with Crippen LogP contribution in [-0.4, -0.2) is 43.9 Å². The molecule has 0 saturated carbocycles. The van der Waals surface area contributed by atoms with Gasteiger partial charge in [-0.05, 0) is 24.6 Å². The first-order valence-electron chi connectivity index (χ1n) is 5.75. The maximum absolute atomic E-state index is 11.6. The lowest BCUT2D eigenvalue weighted by atomic mass is 10.1. The maximum atomic E-state index is 11.6. The first kappa shape index (κ1) is 15.1. The van der Waals surface area contributed by atoms with E-state index in [0.29, 0.717) is 18.9 Å². The fraction of sp³-hybridized carbons (Fsp3) is 0.385. The molecule has 1 aromatic carbocycles. The highest BCUT2D eigenvalue weighted by molar-refractivity contribution is 5.95. The first-order valence-corrected chi connectivity index (χ1v) is 5.75. The number of carbonyl (C=O) groups is 2. The van der Waals surface area contributed by atoms with E-state index >= 15 is 0 Å². The standard InChI is InChI=1S/C13H17NO5/c1-9-3-4-10(13(16)17)7-11(9)14-12(15)8-19-6-5-18-2/h3-4,7H,5-6,8H2,1-2H3,(H,14,15)(H,16,17). The van der Waals surface area contributed by atoms with E-state index < -0.39 is 5.97 Å². The molecule has 0 unspecified atom stereocenters. The van der Waals surface area contributed by atoms with E-state index in [1.807, 2.05) is 0 Å². The predicted molar refractivity (Wildman–Crippen MR) is 69.5 cm³/mol. The minimum atomic E-state index is -1.04. The van der Waals surface area contributed by atoms with Crippen molar-refractivity contribution in [2.24, 2.45) is 0 Å². The zero-order valence-electron chi connectivity index (χ0n) is 10.9. The summed E-state index contributed by atoms with van der Waals surface area (Å²) in [6.07, 6.45) is 0. The van der Waals surface area contributed by atoms with Crippen molar-refractivity contribution < 1.29 is 24.2 Å². The van der Waals surface area contributed by atoms with Gasteiger partial charge in [-0.1, -0.05) is 6.07 Å². The summed E-state index contributed by atoms with van der Waals surface area (Å²) < 4.78 is 9.85. The molecule has 19 heavy (non-hydrogen) atoms. The van der Waals surface area contributed by atoms with Gasteiger partial charge in [0.1, 0.15) is 6.61 Å². The molecule has 0 saturated heterocycles. The van der Waals surface area contributed by atoms with Crippen molar-refractivity contribution in [2.45, 2.75) is 6.92 Å². The minimum Gasteiger partial charge on any atom is -0.478 e. The van der Waals surface area contributed by atoms with Gasteiger partial charge in [0.2, 0.25) is 5.91 Å². The number of rotatable bonds is 7. The molecule has 0 aliphatic rings. The van der Waals surface area contributed by atoms with Gasteiger partial charge in [0.15, 0.2) is 0 Å². The third-order valence-electron chi connectivity index (χ3n) is 2.42. The summed E-state index contributed by atoms with van der Waals surface area (Å²) in [5, 5.41) is 11.5. The molecule has 104 valence electrons. The second-order valence-electron chi connectivity index (χ2n) is 3.93. The molecule has 0 atom stereocenters. The Hall–Kier alpha value is -1.92. The van der Waals surface area contributed by atoms with Crippen molar-refractivity contribution in [1.82, 2.24) is 0 Å². The highest BCUT2D eigenvalue weighted by Gasteiger charge is 2.09. The second-order valence-corrected chi connectivity index (χ2v) is 3.93. The number of aryl methyl sites for hydroxylation is 1. The van der Waals surface area contributed by atoms with Crippen LogP contribution in [0.1, 0.15) is 15.9 Å². The second kappa shape index (κ2) is 7.50. The zero-order chi connectivity index (χ0) is 14.3. The first-order chi connectivity index (χ1) is 9.04. The van der Waals surface area contributed by atoms with E-state index in [1.165, 1.54) is 12.1 Å². The van der Waals surface area contributed by atoms with Gasteiger partial charge in [0, 0.05) is 12.8 Å². The average molecular weight is 267 g/mol. The van der Waals surface area contributed by atoms with Gasteiger partial charge in [0.25, 0.3) is 0 Å². The Morgan fingerprint density at radius 3 is 2.68 bits per heavy atom. The topological polar surface area (TPSA) is 84.9 Å². The van der Waals surface area contributed by atoms with E-state index in [0.717, 1.165) is 5.56 Å². The van der Waals surface area contributed by atoms with Crippen molar-refractivity contribution >= 4 is 17.6 Å². The summed E-state index contributed by atoms with van der Waals surface area (Å²) in [6.45, 7) is 2.44. The number of hydrogen-bond acceptors (Lipinski definition) is 4. The number of ether oxygens (including phenoxy) is 2. The highest BCUT2D eigenvalue weighted by atomic mass is 16.5. The molecule has 0 fully saturated rings. The van der Waals surface area contributed by atoms with Crippen molar-refractivity contribution in [2.75, 3.05) is 32.2 Å². The SMILES string of the molecule is COCCOCC(=O)Nc1cc(C(=O)O)ccc1C. The van der Waals surface area contributed by atoms with Gasteiger partial charge < -0.3 is 19.9 Å². The van der Waals surface area contributed by atoms with Gasteiger partial charge in [-0.3, -0.25) is 4.79 Å².